The summed E-state index contributed by atoms with van der Waals surface area (Å²) in [5.41, 5.74) is 0. The lowest BCUT2D eigenvalue weighted by molar-refractivity contribution is -0.00334. The van der Waals surface area contributed by atoms with Gasteiger partial charge in [-0.05, 0) is 6.92 Å². The van der Waals surface area contributed by atoms with Gasteiger partial charge in [-0.2, -0.15) is 5.26 Å². The molecule has 0 radical (unpaired) electrons. The van der Waals surface area contributed by atoms with Crippen molar-refractivity contribution in [3.05, 3.63) is 0 Å². The molecule has 0 rings (SSSR count). The van der Waals surface area contributed by atoms with Crippen molar-refractivity contribution >= 4 is 0 Å². The Bertz CT molecular complexity index is 158. The van der Waals surface area contributed by atoms with E-state index < -0.39 is 12.5 Å². The number of rotatable bonds is 5. The number of aliphatic hydroxyl groups is 1. The van der Waals surface area contributed by atoms with Crippen LogP contribution in [0.2, 0.25) is 0 Å². The first-order valence-electron chi connectivity index (χ1n) is 3.64. The molecule has 0 spiro atoms. The van der Waals surface area contributed by atoms with Gasteiger partial charge in [0.25, 0.3) is 6.43 Å². The Balaban J connectivity index is 3.38. The number of nitriles is 1. The van der Waals surface area contributed by atoms with Gasteiger partial charge in [0, 0.05) is 13.1 Å². The van der Waals surface area contributed by atoms with Gasteiger partial charge in [-0.25, -0.2) is 8.78 Å². The van der Waals surface area contributed by atoms with Crippen LogP contribution in [0.1, 0.15) is 6.92 Å². The maximum atomic E-state index is 11.7. The first-order valence-corrected chi connectivity index (χ1v) is 3.64. The van der Waals surface area contributed by atoms with Crippen molar-refractivity contribution < 1.29 is 13.9 Å². The fourth-order valence-electron chi connectivity index (χ4n) is 0.582. The highest BCUT2D eigenvalue weighted by molar-refractivity contribution is 4.80. The van der Waals surface area contributed by atoms with Crippen LogP contribution >= 0.6 is 0 Å². The highest BCUT2D eigenvalue weighted by atomic mass is 19.3. The second-order valence-electron chi connectivity index (χ2n) is 2.59. The van der Waals surface area contributed by atoms with E-state index in [0.29, 0.717) is 6.54 Å². The molecule has 0 saturated carbocycles. The van der Waals surface area contributed by atoms with Gasteiger partial charge in [-0.3, -0.25) is 0 Å². The van der Waals surface area contributed by atoms with Crippen LogP contribution in [-0.4, -0.2) is 30.7 Å². The molecule has 0 aliphatic heterocycles. The molecule has 0 aliphatic rings. The molecular formula is C7H12F2N2O. The second kappa shape index (κ2) is 5.86. The van der Waals surface area contributed by atoms with Crippen molar-refractivity contribution in [2.24, 2.45) is 5.92 Å². The summed E-state index contributed by atoms with van der Waals surface area (Å²) < 4.78 is 23.4. The maximum absolute atomic E-state index is 11.7. The second-order valence-corrected chi connectivity index (χ2v) is 2.59. The molecule has 70 valence electrons. The molecule has 0 saturated heterocycles. The Kier molecular flexibility index (Phi) is 5.51. The third-order valence-electron chi connectivity index (χ3n) is 1.32. The van der Waals surface area contributed by atoms with Crippen LogP contribution in [0.4, 0.5) is 8.78 Å². The van der Waals surface area contributed by atoms with Crippen molar-refractivity contribution in [3.63, 3.8) is 0 Å². The van der Waals surface area contributed by atoms with E-state index in [0.717, 1.165) is 0 Å². The van der Waals surface area contributed by atoms with Gasteiger partial charge in [0.15, 0.2) is 0 Å². The third kappa shape index (κ3) is 4.99. The molecule has 0 aromatic heterocycles. The molecule has 0 amide bonds. The number of hydrogen-bond donors (Lipinski definition) is 2. The first-order chi connectivity index (χ1) is 5.57. The van der Waals surface area contributed by atoms with Crippen LogP contribution in [0.15, 0.2) is 0 Å². The number of nitrogens with zero attached hydrogens (tertiary/aromatic N) is 1. The van der Waals surface area contributed by atoms with E-state index >= 15 is 0 Å². The zero-order valence-electron chi connectivity index (χ0n) is 6.80. The minimum atomic E-state index is -2.73. The molecule has 5 heteroatoms. The van der Waals surface area contributed by atoms with Crippen LogP contribution in [0.3, 0.4) is 0 Å². The van der Waals surface area contributed by atoms with Crippen molar-refractivity contribution in [2.45, 2.75) is 19.5 Å². The quantitative estimate of drug-likeness (QED) is 0.639. The Morgan fingerprint density at radius 3 is 2.50 bits per heavy atom. The van der Waals surface area contributed by atoms with Crippen LogP contribution in [0.25, 0.3) is 0 Å². The van der Waals surface area contributed by atoms with E-state index in [9.17, 15) is 8.78 Å². The summed E-state index contributed by atoms with van der Waals surface area (Å²) in [6.45, 7) is 1.81. The highest BCUT2D eigenvalue weighted by Crippen LogP contribution is 1.98. The standard InChI is InChI=1S/C7H12F2N2O/c1-5(2-10)3-11-4-6(12)7(8)9/h5-7,11-12H,3-4H2,1H3. The van der Waals surface area contributed by atoms with Crippen LogP contribution in [-0.2, 0) is 0 Å². The largest absolute Gasteiger partial charge is 0.386 e. The summed E-state index contributed by atoms with van der Waals surface area (Å²) in [6, 6.07) is 1.94. The molecule has 0 bridgehead atoms. The van der Waals surface area contributed by atoms with Crippen LogP contribution in [0, 0.1) is 17.2 Å². The molecule has 12 heavy (non-hydrogen) atoms. The Morgan fingerprint density at radius 2 is 2.08 bits per heavy atom. The fourth-order valence-corrected chi connectivity index (χ4v) is 0.582. The lowest BCUT2D eigenvalue weighted by Crippen LogP contribution is -2.34. The van der Waals surface area contributed by atoms with E-state index in [1.54, 1.807) is 6.92 Å². The predicted octanol–water partition coefficient (Wildman–Crippen LogP) is 0.362. The lowest BCUT2D eigenvalue weighted by Gasteiger charge is -2.10. The van der Waals surface area contributed by atoms with E-state index in [4.69, 9.17) is 10.4 Å². The van der Waals surface area contributed by atoms with E-state index in [-0.39, 0.29) is 12.5 Å². The number of alkyl halides is 2. The molecule has 2 unspecified atom stereocenters. The lowest BCUT2D eigenvalue weighted by atomic mass is 10.2. The van der Waals surface area contributed by atoms with Crippen LogP contribution < -0.4 is 5.32 Å². The summed E-state index contributed by atoms with van der Waals surface area (Å²) in [6.07, 6.45) is -4.37. The van der Waals surface area contributed by atoms with Gasteiger partial charge < -0.3 is 10.4 Å². The summed E-state index contributed by atoms with van der Waals surface area (Å²) in [5.74, 6) is -0.227. The molecule has 0 fully saturated rings. The fraction of sp³-hybridized carbons (Fsp3) is 0.857. The van der Waals surface area contributed by atoms with E-state index in [2.05, 4.69) is 5.32 Å². The minimum absolute atomic E-state index is 0.177. The zero-order valence-corrected chi connectivity index (χ0v) is 6.80. The number of aliphatic hydroxyl groups excluding tert-OH is 1. The molecule has 0 aliphatic carbocycles. The number of nitrogens with one attached hydrogen (secondary N) is 1. The summed E-state index contributed by atoms with van der Waals surface area (Å²) in [4.78, 5) is 0. The molecular weight excluding hydrogens is 166 g/mol. The van der Waals surface area contributed by atoms with Gasteiger partial charge in [0.2, 0.25) is 0 Å². The number of halogens is 2. The van der Waals surface area contributed by atoms with Gasteiger partial charge >= 0.3 is 0 Å². The first kappa shape index (κ1) is 11.3. The highest BCUT2D eigenvalue weighted by Gasteiger charge is 2.15. The molecule has 2 atom stereocenters. The van der Waals surface area contributed by atoms with Gasteiger partial charge in [-0.15, -0.1) is 0 Å². The smallest absolute Gasteiger partial charge is 0.265 e. The molecule has 0 aromatic carbocycles. The molecule has 2 N–H and O–H groups in total. The van der Waals surface area contributed by atoms with Crippen molar-refractivity contribution in [3.8, 4) is 6.07 Å². The molecule has 0 aromatic rings. The Labute approximate surface area is 70.0 Å². The molecule has 3 nitrogen and oxygen atoms in total. The minimum Gasteiger partial charge on any atom is -0.386 e. The Morgan fingerprint density at radius 1 is 1.50 bits per heavy atom. The van der Waals surface area contributed by atoms with Gasteiger partial charge in [0.05, 0.1) is 12.0 Å². The third-order valence-corrected chi connectivity index (χ3v) is 1.32. The summed E-state index contributed by atoms with van der Waals surface area (Å²) >= 11 is 0. The van der Waals surface area contributed by atoms with E-state index in [1.807, 2.05) is 6.07 Å². The van der Waals surface area contributed by atoms with E-state index in [1.165, 1.54) is 0 Å². The van der Waals surface area contributed by atoms with Crippen LogP contribution in [0.5, 0.6) is 0 Å². The summed E-state index contributed by atoms with van der Waals surface area (Å²) in [5, 5.41) is 19.5. The zero-order chi connectivity index (χ0) is 9.56. The van der Waals surface area contributed by atoms with Crippen molar-refractivity contribution in [1.82, 2.24) is 5.32 Å². The SMILES string of the molecule is CC(C#N)CNCC(O)C(F)F. The van der Waals surface area contributed by atoms with Gasteiger partial charge in [-0.1, -0.05) is 0 Å². The molecule has 0 heterocycles. The predicted molar refractivity (Wildman–Crippen MR) is 39.7 cm³/mol. The van der Waals surface area contributed by atoms with Crippen molar-refractivity contribution in [1.29, 1.82) is 5.26 Å². The number of hydrogen-bond acceptors (Lipinski definition) is 3. The Hall–Kier alpha value is -0.730. The van der Waals surface area contributed by atoms with Crippen molar-refractivity contribution in [2.75, 3.05) is 13.1 Å². The normalized spacial score (nSPS) is 15.7. The topological polar surface area (TPSA) is 56.0 Å². The van der Waals surface area contributed by atoms with Gasteiger partial charge in [0.1, 0.15) is 6.10 Å². The average molecular weight is 178 g/mol. The average Bonchev–Trinajstić information content (AvgIpc) is 2.03. The summed E-state index contributed by atoms with van der Waals surface area (Å²) in [7, 11) is 0. The monoisotopic (exact) mass is 178 g/mol. The maximum Gasteiger partial charge on any atom is 0.265 e.